The summed E-state index contributed by atoms with van der Waals surface area (Å²) in [5.74, 6) is -1.76. The van der Waals surface area contributed by atoms with E-state index in [9.17, 15) is 19.8 Å². The van der Waals surface area contributed by atoms with Crippen LogP contribution in [0.1, 0.15) is 83.9 Å². The minimum absolute atomic E-state index is 0.0237. The molecule has 0 saturated heterocycles. The average Bonchev–Trinajstić information content (AvgIpc) is 3.26. The molecule has 0 amide bonds. The molecule has 7 heteroatoms. The summed E-state index contributed by atoms with van der Waals surface area (Å²) < 4.78 is 16.6. The maximum absolute atomic E-state index is 13.4. The van der Waals surface area contributed by atoms with Gasteiger partial charge < -0.3 is 24.4 Å². The van der Waals surface area contributed by atoms with Gasteiger partial charge in [-0.2, -0.15) is 0 Å². The third-order valence-electron chi connectivity index (χ3n) is 7.89. The number of hydrogen-bond acceptors (Lipinski definition) is 7. The van der Waals surface area contributed by atoms with E-state index in [2.05, 4.69) is 59.8 Å². The number of aliphatic hydroxyl groups excluding tert-OH is 1. The summed E-state index contributed by atoms with van der Waals surface area (Å²) in [6.45, 7) is 12.9. The number of carbonyl (C=O) groups is 2. The van der Waals surface area contributed by atoms with Gasteiger partial charge in [-0.05, 0) is 115 Å². The summed E-state index contributed by atoms with van der Waals surface area (Å²) in [4.78, 5) is 26.1. The van der Waals surface area contributed by atoms with E-state index >= 15 is 0 Å². The van der Waals surface area contributed by atoms with E-state index in [4.69, 9.17) is 14.2 Å². The first kappa shape index (κ1) is 36.0. The lowest BCUT2D eigenvalue weighted by molar-refractivity contribution is -0.169. The normalized spacial score (nSPS) is 16.6. The Kier molecular flexibility index (Phi) is 13.0. The largest absolute Gasteiger partial charge is 0.508 e. The van der Waals surface area contributed by atoms with Crippen LogP contribution in [0.3, 0.4) is 0 Å². The van der Waals surface area contributed by atoms with Crippen molar-refractivity contribution in [3.63, 3.8) is 0 Å². The number of benzene rings is 2. The highest BCUT2D eigenvalue weighted by Crippen LogP contribution is 2.43. The Morgan fingerprint density at radius 1 is 0.848 bits per heavy atom. The molecule has 1 aliphatic rings. The molecule has 0 saturated carbocycles. The molecular weight excluding hydrogens is 580 g/mol. The number of aliphatic hydroxyl groups is 1. The van der Waals surface area contributed by atoms with Gasteiger partial charge in [-0.15, -0.1) is 0 Å². The van der Waals surface area contributed by atoms with Crippen LogP contribution < -0.4 is 4.74 Å². The first-order valence-corrected chi connectivity index (χ1v) is 15.7. The molecule has 1 aliphatic heterocycles. The fraction of sp³-hybridized carbons (Fsp3) is 0.385. The van der Waals surface area contributed by atoms with E-state index in [1.807, 2.05) is 6.08 Å². The Morgan fingerprint density at radius 2 is 1.46 bits per heavy atom. The number of ether oxygens (including phenoxy) is 3. The van der Waals surface area contributed by atoms with E-state index < -0.39 is 23.3 Å². The minimum atomic E-state index is -1.92. The molecule has 0 spiro atoms. The van der Waals surface area contributed by atoms with Gasteiger partial charge in [0.05, 0.1) is 12.7 Å². The SMILES string of the molecule is COC(=O)[C@]1(Cc2ccc(O)c(C/C=C(\C)CCC=C(C)C)c2)OC(=O)C(O)=C1c1ccc(OC/C=C(\C)CCC=C(C)C)cc1. The first-order chi connectivity index (χ1) is 21.9. The summed E-state index contributed by atoms with van der Waals surface area (Å²) in [6, 6.07) is 11.8. The molecule has 0 aromatic heterocycles. The number of allylic oxidation sites excluding steroid dienone is 7. The number of phenolic OH excluding ortho intramolecular Hbond substituents is 1. The van der Waals surface area contributed by atoms with E-state index in [0.717, 1.165) is 25.7 Å². The van der Waals surface area contributed by atoms with E-state index in [0.29, 0.717) is 35.5 Å². The van der Waals surface area contributed by atoms with Gasteiger partial charge in [0.15, 0.2) is 0 Å². The molecule has 1 heterocycles. The molecule has 2 N–H and O–H groups in total. The molecule has 46 heavy (non-hydrogen) atoms. The molecule has 2 aromatic rings. The summed E-state index contributed by atoms with van der Waals surface area (Å²) in [6.07, 6.45) is 12.7. The Hall–Kier alpha value is -4.52. The van der Waals surface area contributed by atoms with Gasteiger partial charge in [-0.3, -0.25) is 0 Å². The van der Waals surface area contributed by atoms with Gasteiger partial charge in [-0.1, -0.05) is 64.8 Å². The molecule has 1 atom stereocenters. The zero-order chi connectivity index (χ0) is 33.9. The van der Waals surface area contributed by atoms with Gasteiger partial charge in [0, 0.05) is 6.42 Å². The topological polar surface area (TPSA) is 102 Å². The number of carbonyl (C=O) groups excluding carboxylic acids is 2. The van der Waals surface area contributed by atoms with Crippen LogP contribution in [-0.4, -0.2) is 41.5 Å². The highest BCUT2D eigenvalue weighted by atomic mass is 16.6. The second-order valence-electron chi connectivity index (χ2n) is 12.4. The van der Waals surface area contributed by atoms with Crippen molar-refractivity contribution in [1.82, 2.24) is 0 Å². The fourth-order valence-corrected chi connectivity index (χ4v) is 5.29. The van der Waals surface area contributed by atoms with Crippen molar-refractivity contribution in [2.45, 2.75) is 85.7 Å². The van der Waals surface area contributed by atoms with Crippen LogP contribution >= 0.6 is 0 Å². The summed E-state index contributed by atoms with van der Waals surface area (Å²) in [5, 5.41) is 21.5. The van der Waals surface area contributed by atoms with E-state index in [-0.39, 0.29) is 17.7 Å². The van der Waals surface area contributed by atoms with E-state index in [1.54, 1.807) is 42.5 Å². The van der Waals surface area contributed by atoms with Crippen molar-refractivity contribution in [3.05, 3.63) is 112 Å². The second-order valence-corrected chi connectivity index (χ2v) is 12.4. The highest BCUT2D eigenvalue weighted by molar-refractivity contribution is 6.11. The molecule has 3 rings (SSSR count). The van der Waals surface area contributed by atoms with Crippen LogP contribution in [0, 0.1) is 0 Å². The van der Waals surface area contributed by atoms with Crippen molar-refractivity contribution in [1.29, 1.82) is 0 Å². The first-order valence-electron chi connectivity index (χ1n) is 15.7. The summed E-state index contributed by atoms with van der Waals surface area (Å²) in [7, 11) is 1.21. The van der Waals surface area contributed by atoms with Crippen molar-refractivity contribution in [2.75, 3.05) is 13.7 Å². The molecule has 0 unspecified atom stereocenters. The molecule has 0 aliphatic carbocycles. The van der Waals surface area contributed by atoms with Gasteiger partial charge in [0.1, 0.15) is 18.1 Å². The maximum Gasteiger partial charge on any atom is 0.375 e. The predicted molar refractivity (Wildman–Crippen MR) is 183 cm³/mol. The van der Waals surface area contributed by atoms with Gasteiger partial charge in [0.2, 0.25) is 11.4 Å². The number of hydrogen-bond donors (Lipinski definition) is 2. The standard InChI is InChI=1S/C39H48O7/c1-26(2)10-8-12-28(5)14-16-32-24-30(15-21-34(32)40)25-39(38(43)44-7)35(36(41)37(42)46-39)31-17-19-33(20-18-31)45-23-22-29(6)13-9-11-27(3)4/h10-11,14-15,17-22,24,40-41H,8-9,12-13,16,23,25H2,1-7H3/b28-14+,29-22+/t39-/m1/s1. The van der Waals surface area contributed by atoms with Gasteiger partial charge >= 0.3 is 11.9 Å². The van der Waals surface area contributed by atoms with Crippen molar-refractivity contribution in [2.24, 2.45) is 0 Å². The minimum Gasteiger partial charge on any atom is -0.508 e. The molecule has 2 aromatic carbocycles. The lowest BCUT2D eigenvalue weighted by atomic mass is 9.83. The molecule has 7 nitrogen and oxygen atoms in total. The van der Waals surface area contributed by atoms with Gasteiger partial charge in [-0.25, -0.2) is 9.59 Å². The maximum atomic E-state index is 13.4. The number of esters is 2. The Morgan fingerprint density at radius 3 is 2.04 bits per heavy atom. The lowest BCUT2D eigenvalue weighted by Gasteiger charge is -2.28. The number of methoxy groups -OCH3 is 1. The third-order valence-corrected chi connectivity index (χ3v) is 7.89. The molecular formula is C39H48O7. The Balaban J connectivity index is 1.84. The molecule has 0 bridgehead atoms. The van der Waals surface area contributed by atoms with Crippen LogP contribution in [0.2, 0.25) is 0 Å². The zero-order valence-corrected chi connectivity index (χ0v) is 28.2. The number of rotatable bonds is 15. The number of phenols is 1. The van der Waals surface area contributed by atoms with E-state index in [1.165, 1.54) is 29.4 Å². The van der Waals surface area contributed by atoms with Gasteiger partial charge in [0.25, 0.3) is 0 Å². The average molecular weight is 629 g/mol. The molecule has 246 valence electrons. The third kappa shape index (κ3) is 9.74. The second kappa shape index (κ2) is 16.7. The van der Waals surface area contributed by atoms with Crippen LogP contribution in [-0.2, 0) is 31.9 Å². The smallest absolute Gasteiger partial charge is 0.375 e. The van der Waals surface area contributed by atoms with Crippen LogP contribution in [0.25, 0.3) is 5.57 Å². The zero-order valence-electron chi connectivity index (χ0n) is 28.2. The molecule has 0 radical (unpaired) electrons. The Bertz CT molecular complexity index is 1550. The Labute approximate surface area is 273 Å². The lowest BCUT2D eigenvalue weighted by Crippen LogP contribution is -2.44. The van der Waals surface area contributed by atoms with Crippen molar-refractivity contribution >= 4 is 17.5 Å². The predicted octanol–water partition coefficient (Wildman–Crippen LogP) is 8.68. The van der Waals surface area contributed by atoms with Crippen molar-refractivity contribution < 1.29 is 34.0 Å². The summed E-state index contributed by atoms with van der Waals surface area (Å²) >= 11 is 0. The van der Waals surface area contributed by atoms with Crippen molar-refractivity contribution in [3.8, 4) is 11.5 Å². The number of aromatic hydroxyl groups is 1. The summed E-state index contributed by atoms with van der Waals surface area (Å²) in [5.41, 5.74) is 4.82. The van der Waals surface area contributed by atoms with Crippen LogP contribution in [0.5, 0.6) is 11.5 Å². The monoisotopic (exact) mass is 628 g/mol. The quantitative estimate of drug-likeness (QED) is 0.150. The fourth-order valence-electron chi connectivity index (χ4n) is 5.29. The highest BCUT2D eigenvalue weighted by Gasteiger charge is 2.55. The van der Waals surface area contributed by atoms with Crippen LogP contribution in [0.15, 0.2) is 94.8 Å². The van der Waals surface area contributed by atoms with Crippen LogP contribution in [0.4, 0.5) is 0 Å². The number of cyclic esters (lactones) is 1. The molecule has 0 fully saturated rings.